The molecule has 2 aliphatic rings. The zero-order valence-electron chi connectivity index (χ0n) is 11.9. The molecule has 0 amide bonds. The van der Waals surface area contributed by atoms with Gasteiger partial charge in [-0.25, -0.2) is 0 Å². The SMILES string of the molecule is CN1CCN(c2cccc(C3(N)CCCC3)c2)CC1. The number of hydrogen-bond acceptors (Lipinski definition) is 3. The molecule has 1 aliphatic carbocycles. The Balaban J connectivity index is 1.80. The van der Waals surface area contributed by atoms with Crippen molar-refractivity contribution >= 4 is 5.69 Å². The summed E-state index contributed by atoms with van der Waals surface area (Å²) in [5.41, 5.74) is 9.19. The second-order valence-electron chi connectivity index (χ2n) is 6.20. The largest absolute Gasteiger partial charge is 0.369 e. The molecule has 1 heterocycles. The van der Waals surface area contributed by atoms with Crippen LogP contribution in [0.2, 0.25) is 0 Å². The highest BCUT2D eigenvalue weighted by Crippen LogP contribution is 2.37. The van der Waals surface area contributed by atoms with Gasteiger partial charge in [0.2, 0.25) is 0 Å². The number of nitrogens with zero attached hydrogens (tertiary/aromatic N) is 2. The van der Waals surface area contributed by atoms with Crippen LogP contribution in [-0.2, 0) is 5.54 Å². The van der Waals surface area contributed by atoms with E-state index in [1.807, 2.05) is 0 Å². The topological polar surface area (TPSA) is 32.5 Å². The predicted molar refractivity (Wildman–Crippen MR) is 80.5 cm³/mol. The first-order valence-corrected chi connectivity index (χ1v) is 7.50. The molecule has 0 aromatic heterocycles. The Morgan fingerprint density at radius 3 is 2.42 bits per heavy atom. The van der Waals surface area contributed by atoms with Gasteiger partial charge in [0.15, 0.2) is 0 Å². The van der Waals surface area contributed by atoms with Crippen molar-refractivity contribution in [3.8, 4) is 0 Å². The lowest BCUT2D eigenvalue weighted by atomic mass is 9.89. The molecular formula is C16H25N3. The molecule has 0 spiro atoms. The quantitative estimate of drug-likeness (QED) is 0.883. The van der Waals surface area contributed by atoms with E-state index in [-0.39, 0.29) is 5.54 Å². The van der Waals surface area contributed by atoms with Crippen LogP contribution in [0, 0.1) is 0 Å². The number of likely N-dealkylation sites (N-methyl/N-ethyl adjacent to an activating group) is 1. The van der Waals surface area contributed by atoms with Crippen molar-refractivity contribution in [3.05, 3.63) is 29.8 Å². The van der Waals surface area contributed by atoms with E-state index in [0.29, 0.717) is 0 Å². The molecule has 1 saturated carbocycles. The van der Waals surface area contributed by atoms with Gasteiger partial charge >= 0.3 is 0 Å². The molecule has 3 rings (SSSR count). The van der Waals surface area contributed by atoms with Crippen molar-refractivity contribution < 1.29 is 0 Å². The van der Waals surface area contributed by atoms with E-state index in [0.717, 1.165) is 39.0 Å². The Morgan fingerprint density at radius 1 is 1.05 bits per heavy atom. The van der Waals surface area contributed by atoms with Gasteiger partial charge in [-0.15, -0.1) is 0 Å². The lowest BCUT2D eigenvalue weighted by molar-refractivity contribution is 0.313. The van der Waals surface area contributed by atoms with E-state index in [4.69, 9.17) is 5.73 Å². The van der Waals surface area contributed by atoms with Crippen LogP contribution < -0.4 is 10.6 Å². The van der Waals surface area contributed by atoms with Gasteiger partial charge in [-0.2, -0.15) is 0 Å². The highest BCUT2D eigenvalue weighted by atomic mass is 15.2. The lowest BCUT2D eigenvalue weighted by Gasteiger charge is -2.35. The van der Waals surface area contributed by atoms with Crippen LogP contribution >= 0.6 is 0 Å². The standard InChI is InChI=1S/C16H25N3/c1-18-9-11-19(12-10-18)15-6-4-5-14(13-15)16(17)7-2-3-8-16/h4-6,13H,2-3,7-12,17H2,1H3. The minimum atomic E-state index is -0.0669. The van der Waals surface area contributed by atoms with E-state index in [1.54, 1.807) is 0 Å². The van der Waals surface area contributed by atoms with E-state index in [2.05, 4.69) is 41.1 Å². The Labute approximate surface area is 116 Å². The molecule has 3 nitrogen and oxygen atoms in total. The van der Waals surface area contributed by atoms with Crippen molar-refractivity contribution in [2.24, 2.45) is 5.73 Å². The van der Waals surface area contributed by atoms with Crippen molar-refractivity contribution in [3.63, 3.8) is 0 Å². The molecule has 104 valence electrons. The minimum Gasteiger partial charge on any atom is -0.369 e. The summed E-state index contributed by atoms with van der Waals surface area (Å²) < 4.78 is 0. The van der Waals surface area contributed by atoms with E-state index in [9.17, 15) is 0 Å². The van der Waals surface area contributed by atoms with Gasteiger partial charge in [0.05, 0.1) is 0 Å². The normalized spacial score (nSPS) is 23.8. The Bertz CT molecular complexity index is 429. The predicted octanol–water partition coefficient (Wildman–Crippen LogP) is 2.17. The summed E-state index contributed by atoms with van der Waals surface area (Å²) in [5, 5.41) is 0. The Hall–Kier alpha value is -1.06. The summed E-state index contributed by atoms with van der Waals surface area (Å²) in [6.07, 6.45) is 4.82. The van der Waals surface area contributed by atoms with E-state index >= 15 is 0 Å². The fourth-order valence-electron chi connectivity index (χ4n) is 3.37. The number of piperazine rings is 1. The molecule has 19 heavy (non-hydrogen) atoms. The molecule has 1 aromatic carbocycles. The van der Waals surface area contributed by atoms with Crippen molar-refractivity contribution in [2.75, 3.05) is 38.1 Å². The first kappa shape index (κ1) is 12.9. The molecular weight excluding hydrogens is 234 g/mol. The summed E-state index contributed by atoms with van der Waals surface area (Å²) in [4.78, 5) is 4.88. The molecule has 0 radical (unpaired) electrons. The maximum Gasteiger partial charge on any atom is 0.0410 e. The molecule has 0 bridgehead atoms. The number of nitrogens with two attached hydrogens (primary N) is 1. The number of hydrogen-bond donors (Lipinski definition) is 1. The summed E-state index contributed by atoms with van der Waals surface area (Å²) >= 11 is 0. The number of benzene rings is 1. The van der Waals surface area contributed by atoms with Gasteiger partial charge in [0.1, 0.15) is 0 Å². The van der Waals surface area contributed by atoms with Crippen LogP contribution in [0.4, 0.5) is 5.69 Å². The lowest BCUT2D eigenvalue weighted by Crippen LogP contribution is -2.44. The molecule has 1 aliphatic heterocycles. The fourth-order valence-corrected chi connectivity index (χ4v) is 3.37. The smallest absolute Gasteiger partial charge is 0.0410 e. The third-order valence-corrected chi connectivity index (χ3v) is 4.79. The number of rotatable bonds is 2. The zero-order valence-corrected chi connectivity index (χ0v) is 11.9. The summed E-state index contributed by atoms with van der Waals surface area (Å²) in [7, 11) is 2.20. The highest BCUT2D eigenvalue weighted by molar-refractivity contribution is 5.50. The first-order chi connectivity index (χ1) is 9.17. The molecule has 1 saturated heterocycles. The maximum atomic E-state index is 6.57. The van der Waals surface area contributed by atoms with Crippen molar-refractivity contribution in [2.45, 2.75) is 31.2 Å². The van der Waals surface area contributed by atoms with Crippen molar-refractivity contribution in [1.29, 1.82) is 0 Å². The maximum absolute atomic E-state index is 6.57. The Kier molecular flexibility index (Phi) is 3.50. The van der Waals surface area contributed by atoms with Gasteiger partial charge in [0, 0.05) is 37.4 Å². The van der Waals surface area contributed by atoms with Gasteiger partial charge < -0.3 is 15.5 Å². The van der Waals surface area contributed by atoms with Crippen LogP contribution in [0.3, 0.4) is 0 Å². The van der Waals surface area contributed by atoms with Crippen LogP contribution in [-0.4, -0.2) is 38.1 Å². The highest BCUT2D eigenvalue weighted by Gasteiger charge is 2.31. The van der Waals surface area contributed by atoms with Crippen LogP contribution in [0.1, 0.15) is 31.2 Å². The fraction of sp³-hybridized carbons (Fsp3) is 0.625. The van der Waals surface area contributed by atoms with Gasteiger partial charge in [-0.3, -0.25) is 0 Å². The Morgan fingerprint density at radius 2 is 1.74 bits per heavy atom. The minimum absolute atomic E-state index is 0.0669. The summed E-state index contributed by atoms with van der Waals surface area (Å²) in [6.45, 7) is 4.55. The van der Waals surface area contributed by atoms with Gasteiger partial charge in [0.25, 0.3) is 0 Å². The zero-order chi connectivity index (χ0) is 13.3. The average molecular weight is 259 g/mol. The van der Waals surface area contributed by atoms with Crippen molar-refractivity contribution in [1.82, 2.24) is 4.90 Å². The summed E-state index contributed by atoms with van der Waals surface area (Å²) in [6, 6.07) is 8.95. The molecule has 0 atom stereocenters. The summed E-state index contributed by atoms with van der Waals surface area (Å²) in [5.74, 6) is 0. The monoisotopic (exact) mass is 259 g/mol. The molecule has 3 heteroatoms. The third kappa shape index (κ3) is 2.63. The van der Waals surface area contributed by atoms with E-state index < -0.39 is 0 Å². The van der Waals surface area contributed by atoms with Gasteiger partial charge in [-0.05, 0) is 37.6 Å². The average Bonchev–Trinajstić information content (AvgIpc) is 2.88. The molecule has 0 unspecified atom stereocenters. The molecule has 2 fully saturated rings. The number of anilines is 1. The first-order valence-electron chi connectivity index (χ1n) is 7.50. The van der Waals surface area contributed by atoms with Crippen LogP contribution in [0.25, 0.3) is 0 Å². The van der Waals surface area contributed by atoms with Crippen LogP contribution in [0.15, 0.2) is 24.3 Å². The second kappa shape index (κ2) is 5.14. The second-order valence-corrected chi connectivity index (χ2v) is 6.20. The van der Waals surface area contributed by atoms with Crippen LogP contribution in [0.5, 0.6) is 0 Å². The molecule has 2 N–H and O–H groups in total. The van der Waals surface area contributed by atoms with E-state index in [1.165, 1.54) is 24.1 Å². The van der Waals surface area contributed by atoms with Gasteiger partial charge in [-0.1, -0.05) is 25.0 Å². The molecule has 1 aromatic rings. The third-order valence-electron chi connectivity index (χ3n) is 4.79.